The molecule has 0 radical (unpaired) electrons. The topological polar surface area (TPSA) is 44.5 Å². The third kappa shape index (κ3) is 5.06. The molecular formula is C17H20BrNO2. The Labute approximate surface area is 134 Å². The van der Waals surface area contributed by atoms with Crippen LogP contribution in [-0.2, 0) is 0 Å². The molecule has 2 N–H and O–H groups in total. The first-order valence-corrected chi connectivity index (χ1v) is 7.82. The van der Waals surface area contributed by atoms with Crippen LogP contribution in [0.5, 0.6) is 11.5 Å². The lowest BCUT2D eigenvalue weighted by atomic mass is 10.1. The maximum Gasteiger partial charge on any atom is 0.124 e. The van der Waals surface area contributed by atoms with Gasteiger partial charge in [0.2, 0.25) is 0 Å². The lowest BCUT2D eigenvalue weighted by Crippen LogP contribution is -2.10. The zero-order valence-corrected chi connectivity index (χ0v) is 13.7. The molecule has 0 aliphatic rings. The highest BCUT2D eigenvalue weighted by molar-refractivity contribution is 9.10. The van der Waals surface area contributed by atoms with Crippen LogP contribution in [0.2, 0.25) is 0 Å². The van der Waals surface area contributed by atoms with E-state index in [-0.39, 0.29) is 6.04 Å². The van der Waals surface area contributed by atoms with Crippen LogP contribution in [0.25, 0.3) is 0 Å². The summed E-state index contributed by atoms with van der Waals surface area (Å²) >= 11 is 3.45. The minimum atomic E-state index is -0.0573. The van der Waals surface area contributed by atoms with E-state index in [1.165, 1.54) is 0 Å². The monoisotopic (exact) mass is 349 g/mol. The second-order valence-electron chi connectivity index (χ2n) is 4.83. The maximum atomic E-state index is 5.96. The molecule has 21 heavy (non-hydrogen) atoms. The second-order valence-corrected chi connectivity index (χ2v) is 5.75. The SMILES string of the molecule is CC(N)c1cc(Br)ccc1OCCCOc1ccccc1. The quantitative estimate of drug-likeness (QED) is 0.757. The number of hydrogen-bond donors (Lipinski definition) is 1. The van der Waals surface area contributed by atoms with Gasteiger partial charge in [-0.1, -0.05) is 34.1 Å². The molecule has 2 aromatic carbocycles. The summed E-state index contributed by atoms with van der Waals surface area (Å²) in [5.74, 6) is 1.73. The van der Waals surface area contributed by atoms with Crippen molar-refractivity contribution in [3.63, 3.8) is 0 Å². The number of hydrogen-bond acceptors (Lipinski definition) is 3. The van der Waals surface area contributed by atoms with Crippen molar-refractivity contribution in [2.24, 2.45) is 5.73 Å². The van der Waals surface area contributed by atoms with Gasteiger partial charge in [0.25, 0.3) is 0 Å². The largest absolute Gasteiger partial charge is 0.493 e. The molecule has 0 aromatic heterocycles. The molecule has 0 saturated heterocycles. The van der Waals surface area contributed by atoms with E-state index in [0.29, 0.717) is 13.2 Å². The molecule has 3 nitrogen and oxygen atoms in total. The lowest BCUT2D eigenvalue weighted by molar-refractivity contribution is 0.245. The number of ether oxygens (including phenoxy) is 2. The first kappa shape index (κ1) is 15.9. The van der Waals surface area contributed by atoms with Crippen molar-refractivity contribution in [2.75, 3.05) is 13.2 Å². The van der Waals surface area contributed by atoms with E-state index < -0.39 is 0 Å². The average molecular weight is 350 g/mol. The van der Waals surface area contributed by atoms with E-state index in [9.17, 15) is 0 Å². The highest BCUT2D eigenvalue weighted by Crippen LogP contribution is 2.27. The fourth-order valence-corrected chi connectivity index (χ4v) is 2.33. The first-order chi connectivity index (χ1) is 10.2. The van der Waals surface area contributed by atoms with Crippen LogP contribution >= 0.6 is 15.9 Å². The van der Waals surface area contributed by atoms with Gasteiger partial charge in [-0.25, -0.2) is 0 Å². The van der Waals surface area contributed by atoms with Gasteiger partial charge in [0, 0.05) is 22.5 Å². The van der Waals surface area contributed by atoms with Gasteiger partial charge in [-0.05, 0) is 37.3 Å². The van der Waals surface area contributed by atoms with Crippen molar-refractivity contribution in [3.8, 4) is 11.5 Å². The molecule has 0 amide bonds. The number of rotatable bonds is 7. The summed E-state index contributed by atoms with van der Waals surface area (Å²) in [6.07, 6.45) is 0.823. The molecule has 1 unspecified atom stereocenters. The van der Waals surface area contributed by atoms with Crippen molar-refractivity contribution in [1.82, 2.24) is 0 Å². The smallest absolute Gasteiger partial charge is 0.124 e. The van der Waals surface area contributed by atoms with Crippen LogP contribution < -0.4 is 15.2 Å². The Bertz CT molecular complexity index is 558. The van der Waals surface area contributed by atoms with Crippen LogP contribution in [0.3, 0.4) is 0 Å². The van der Waals surface area contributed by atoms with Gasteiger partial charge in [-0.2, -0.15) is 0 Å². The molecule has 0 heterocycles. The highest BCUT2D eigenvalue weighted by Gasteiger charge is 2.08. The van der Waals surface area contributed by atoms with Gasteiger partial charge in [0.15, 0.2) is 0 Å². The Balaban J connectivity index is 1.78. The summed E-state index contributed by atoms with van der Waals surface area (Å²) in [6.45, 7) is 3.19. The molecule has 112 valence electrons. The number of nitrogens with two attached hydrogens (primary N) is 1. The Morgan fingerprint density at radius 1 is 1.05 bits per heavy atom. The molecule has 0 bridgehead atoms. The zero-order chi connectivity index (χ0) is 15.1. The van der Waals surface area contributed by atoms with Gasteiger partial charge in [0.1, 0.15) is 11.5 Å². The Hall–Kier alpha value is -1.52. The van der Waals surface area contributed by atoms with Crippen LogP contribution in [-0.4, -0.2) is 13.2 Å². The summed E-state index contributed by atoms with van der Waals surface area (Å²) in [5, 5.41) is 0. The number of para-hydroxylation sites is 1. The van der Waals surface area contributed by atoms with Crippen molar-refractivity contribution in [3.05, 3.63) is 58.6 Å². The Morgan fingerprint density at radius 2 is 1.76 bits per heavy atom. The summed E-state index contributed by atoms with van der Waals surface area (Å²) in [7, 11) is 0. The summed E-state index contributed by atoms with van der Waals surface area (Å²) < 4.78 is 12.4. The van der Waals surface area contributed by atoms with Gasteiger partial charge in [-0.3, -0.25) is 0 Å². The van der Waals surface area contributed by atoms with E-state index in [4.69, 9.17) is 15.2 Å². The van der Waals surface area contributed by atoms with E-state index in [1.54, 1.807) is 0 Å². The van der Waals surface area contributed by atoms with E-state index in [2.05, 4.69) is 15.9 Å². The van der Waals surface area contributed by atoms with Gasteiger partial charge in [-0.15, -0.1) is 0 Å². The second kappa shape index (κ2) is 8.05. The molecule has 0 aliphatic carbocycles. The van der Waals surface area contributed by atoms with Crippen LogP contribution in [0, 0.1) is 0 Å². The van der Waals surface area contributed by atoms with Crippen molar-refractivity contribution in [1.29, 1.82) is 0 Å². The van der Waals surface area contributed by atoms with Gasteiger partial charge >= 0.3 is 0 Å². The summed E-state index contributed by atoms with van der Waals surface area (Å²) in [4.78, 5) is 0. The molecule has 4 heteroatoms. The fourth-order valence-electron chi connectivity index (χ4n) is 1.95. The summed E-state index contributed by atoms with van der Waals surface area (Å²) in [6, 6.07) is 15.6. The zero-order valence-electron chi connectivity index (χ0n) is 12.1. The molecule has 0 saturated carbocycles. The molecule has 0 spiro atoms. The third-order valence-electron chi connectivity index (χ3n) is 3.02. The molecule has 0 fully saturated rings. The van der Waals surface area contributed by atoms with Crippen molar-refractivity contribution < 1.29 is 9.47 Å². The Kier molecular flexibility index (Phi) is 6.08. The number of halogens is 1. The highest BCUT2D eigenvalue weighted by atomic mass is 79.9. The fraction of sp³-hybridized carbons (Fsp3) is 0.294. The van der Waals surface area contributed by atoms with Crippen molar-refractivity contribution in [2.45, 2.75) is 19.4 Å². The van der Waals surface area contributed by atoms with Crippen LogP contribution in [0.1, 0.15) is 24.9 Å². The molecular weight excluding hydrogens is 330 g/mol. The maximum absolute atomic E-state index is 5.96. The van der Waals surface area contributed by atoms with Gasteiger partial charge < -0.3 is 15.2 Å². The number of benzene rings is 2. The van der Waals surface area contributed by atoms with Gasteiger partial charge in [0.05, 0.1) is 13.2 Å². The average Bonchev–Trinajstić information content (AvgIpc) is 2.49. The van der Waals surface area contributed by atoms with Crippen LogP contribution in [0.15, 0.2) is 53.0 Å². The van der Waals surface area contributed by atoms with E-state index >= 15 is 0 Å². The van der Waals surface area contributed by atoms with E-state index in [1.807, 2.05) is 55.5 Å². The summed E-state index contributed by atoms with van der Waals surface area (Å²) in [5.41, 5.74) is 6.97. The predicted molar refractivity (Wildman–Crippen MR) is 88.8 cm³/mol. The van der Waals surface area contributed by atoms with Crippen LogP contribution in [0.4, 0.5) is 0 Å². The standard InChI is InChI=1S/C17H20BrNO2/c1-13(19)16-12-14(18)8-9-17(16)21-11-5-10-20-15-6-3-2-4-7-15/h2-4,6-9,12-13H,5,10-11,19H2,1H3. The lowest BCUT2D eigenvalue weighted by Gasteiger charge is -2.14. The minimum Gasteiger partial charge on any atom is -0.493 e. The minimum absolute atomic E-state index is 0.0573. The predicted octanol–water partition coefficient (Wildman–Crippen LogP) is 4.32. The Morgan fingerprint density at radius 3 is 2.48 bits per heavy atom. The molecule has 0 aliphatic heterocycles. The third-order valence-corrected chi connectivity index (χ3v) is 3.51. The normalized spacial score (nSPS) is 12.0. The van der Waals surface area contributed by atoms with E-state index in [0.717, 1.165) is 28.0 Å². The van der Waals surface area contributed by atoms with Crippen molar-refractivity contribution >= 4 is 15.9 Å². The first-order valence-electron chi connectivity index (χ1n) is 7.02. The molecule has 2 aromatic rings. The molecule has 2 rings (SSSR count). The molecule has 1 atom stereocenters.